The smallest absolute Gasteiger partial charge is 0.148 e. The second-order valence-electron chi connectivity index (χ2n) is 4.24. The molecule has 0 bridgehead atoms. The van der Waals surface area contributed by atoms with Crippen molar-refractivity contribution < 1.29 is 9.13 Å². The molecule has 2 N–H and O–H groups in total. The number of hydrogen-bond acceptors (Lipinski definition) is 3. The minimum Gasteiger partial charge on any atom is -0.482 e. The summed E-state index contributed by atoms with van der Waals surface area (Å²) in [6.45, 7) is 1.82. The third-order valence-corrected chi connectivity index (χ3v) is 4.78. The fourth-order valence-electron chi connectivity index (χ4n) is 1.64. The van der Waals surface area contributed by atoms with Gasteiger partial charge in [-0.2, -0.15) is 0 Å². The molecule has 108 valence electrons. The van der Waals surface area contributed by atoms with Crippen LogP contribution in [-0.2, 0) is 0 Å². The van der Waals surface area contributed by atoms with Gasteiger partial charge in [0.15, 0.2) is 0 Å². The lowest BCUT2D eigenvalue weighted by Gasteiger charge is -2.22. The highest BCUT2D eigenvalue weighted by molar-refractivity contribution is 9.10. The van der Waals surface area contributed by atoms with Gasteiger partial charge < -0.3 is 10.5 Å². The monoisotopic (exact) mass is 397 g/mol. The molecule has 7 heteroatoms. The fourth-order valence-corrected chi connectivity index (χ4v) is 3.58. The van der Waals surface area contributed by atoms with Crippen LogP contribution < -0.4 is 10.5 Å². The molecule has 0 spiro atoms. The zero-order valence-electron chi connectivity index (χ0n) is 10.4. The van der Waals surface area contributed by atoms with Gasteiger partial charge in [-0.25, -0.2) is 4.39 Å². The molecule has 2 rings (SSSR count). The van der Waals surface area contributed by atoms with Crippen LogP contribution >= 0.6 is 50.5 Å². The lowest BCUT2D eigenvalue weighted by Crippen LogP contribution is -2.28. The third kappa shape index (κ3) is 3.65. The second-order valence-corrected chi connectivity index (χ2v) is 7.24. The number of hydrogen-bond donors (Lipinski definition) is 1. The molecule has 1 heterocycles. The van der Waals surface area contributed by atoms with Crippen LogP contribution in [0.5, 0.6) is 5.75 Å². The normalized spacial score (nSPS) is 14.1. The topological polar surface area (TPSA) is 35.2 Å². The van der Waals surface area contributed by atoms with E-state index in [9.17, 15) is 4.39 Å². The molecule has 0 aliphatic carbocycles. The van der Waals surface area contributed by atoms with Crippen molar-refractivity contribution in [1.29, 1.82) is 0 Å². The van der Waals surface area contributed by atoms with Crippen LogP contribution in [0.2, 0.25) is 9.36 Å². The Labute approximate surface area is 138 Å². The first kappa shape index (κ1) is 16.0. The number of benzene rings is 1. The van der Waals surface area contributed by atoms with Gasteiger partial charge in [-0.15, -0.1) is 11.3 Å². The summed E-state index contributed by atoms with van der Waals surface area (Å²) >= 11 is 16.3. The Balaban J connectivity index is 2.32. The van der Waals surface area contributed by atoms with E-state index in [1.807, 2.05) is 13.0 Å². The van der Waals surface area contributed by atoms with Crippen molar-refractivity contribution in [3.63, 3.8) is 0 Å². The molecular weight excluding hydrogens is 388 g/mol. The van der Waals surface area contributed by atoms with Crippen molar-refractivity contribution in [1.82, 2.24) is 0 Å². The van der Waals surface area contributed by atoms with E-state index in [-0.39, 0.29) is 11.1 Å². The number of ether oxygens (including phenoxy) is 1. The lowest BCUT2D eigenvalue weighted by molar-refractivity contribution is 0.182. The highest BCUT2D eigenvalue weighted by Crippen LogP contribution is 2.36. The average molecular weight is 399 g/mol. The summed E-state index contributed by atoms with van der Waals surface area (Å²) < 4.78 is 20.6. The molecule has 2 unspecified atom stereocenters. The molecule has 1 aromatic carbocycles. The first-order valence-electron chi connectivity index (χ1n) is 5.70. The minimum absolute atomic E-state index is 0.0285. The number of rotatable bonds is 4. The Hall–Kier alpha value is -0.330. The predicted molar refractivity (Wildman–Crippen MR) is 85.5 cm³/mol. The highest BCUT2D eigenvalue weighted by Gasteiger charge is 2.22. The summed E-state index contributed by atoms with van der Waals surface area (Å²) in [6.07, 6.45) is -0.413. The SMILES string of the molecule is CC(N)C(Oc1cc(F)c(Cl)cc1Br)c1ccc(Cl)s1. The maximum atomic E-state index is 13.5. The van der Waals surface area contributed by atoms with Crippen molar-refractivity contribution in [2.24, 2.45) is 5.73 Å². The Morgan fingerprint density at radius 2 is 2.05 bits per heavy atom. The Morgan fingerprint density at radius 3 is 2.60 bits per heavy atom. The third-order valence-electron chi connectivity index (χ3n) is 2.58. The maximum Gasteiger partial charge on any atom is 0.148 e. The van der Waals surface area contributed by atoms with Crippen LogP contribution in [0, 0.1) is 5.82 Å². The van der Waals surface area contributed by atoms with Crippen molar-refractivity contribution in [2.45, 2.75) is 19.1 Å². The second kappa shape index (κ2) is 6.62. The minimum atomic E-state index is -0.544. The molecule has 0 radical (unpaired) electrons. The first-order valence-corrected chi connectivity index (χ1v) is 8.07. The van der Waals surface area contributed by atoms with Gasteiger partial charge >= 0.3 is 0 Å². The zero-order valence-corrected chi connectivity index (χ0v) is 14.3. The Kier molecular flexibility index (Phi) is 5.31. The van der Waals surface area contributed by atoms with Crippen LogP contribution in [-0.4, -0.2) is 6.04 Å². The van der Waals surface area contributed by atoms with E-state index in [1.165, 1.54) is 23.5 Å². The van der Waals surface area contributed by atoms with Gasteiger partial charge in [0, 0.05) is 17.0 Å². The van der Waals surface area contributed by atoms with Crippen molar-refractivity contribution in [3.8, 4) is 5.75 Å². The van der Waals surface area contributed by atoms with Gasteiger partial charge in [0.05, 0.1) is 13.8 Å². The Bertz CT molecular complexity index is 620. The summed E-state index contributed by atoms with van der Waals surface area (Å²) in [5, 5.41) is 0.0285. The van der Waals surface area contributed by atoms with Gasteiger partial charge in [-0.1, -0.05) is 23.2 Å². The van der Waals surface area contributed by atoms with Crippen molar-refractivity contribution in [2.75, 3.05) is 0 Å². The zero-order chi connectivity index (χ0) is 14.9. The Morgan fingerprint density at radius 1 is 1.35 bits per heavy atom. The van der Waals surface area contributed by atoms with Gasteiger partial charge in [0.2, 0.25) is 0 Å². The predicted octanol–water partition coefficient (Wildman–Crippen LogP) is 5.42. The summed E-state index contributed by atoms with van der Waals surface area (Å²) in [4.78, 5) is 0.882. The van der Waals surface area contributed by atoms with Crippen LogP contribution in [0.4, 0.5) is 4.39 Å². The molecule has 20 heavy (non-hydrogen) atoms. The standard InChI is InChI=1S/C13H11BrCl2FNOS/c1-6(18)13(11-2-3-12(16)20-11)19-10-5-9(17)8(15)4-7(10)14/h2-6,13H,18H2,1H3. The molecule has 0 amide bonds. The van der Waals surface area contributed by atoms with E-state index in [1.54, 1.807) is 6.07 Å². The largest absolute Gasteiger partial charge is 0.482 e. The lowest BCUT2D eigenvalue weighted by atomic mass is 10.1. The van der Waals surface area contributed by atoms with Crippen LogP contribution in [0.1, 0.15) is 17.9 Å². The molecule has 0 aliphatic heterocycles. The van der Waals surface area contributed by atoms with Gasteiger partial charge in [-0.05, 0) is 41.1 Å². The summed E-state index contributed by atoms with van der Waals surface area (Å²) in [5.74, 6) is -0.198. The van der Waals surface area contributed by atoms with E-state index in [0.29, 0.717) is 14.6 Å². The molecule has 2 atom stereocenters. The van der Waals surface area contributed by atoms with E-state index >= 15 is 0 Å². The van der Waals surface area contributed by atoms with Gasteiger partial charge in [0.1, 0.15) is 17.7 Å². The average Bonchev–Trinajstić information content (AvgIpc) is 2.78. The molecule has 0 saturated carbocycles. The van der Waals surface area contributed by atoms with Gasteiger partial charge in [-0.3, -0.25) is 0 Å². The number of halogens is 4. The summed E-state index contributed by atoms with van der Waals surface area (Å²) in [5.41, 5.74) is 5.95. The molecule has 1 aromatic heterocycles. The number of nitrogens with two attached hydrogens (primary N) is 1. The summed E-state index contributed by atoms with van der Waals surface area (Å²) in [7, 11) is 0. The maximum absolute atomic E-state index is 13.5. The van der Waals surface area contributed by atoms with Crippen LogP contribution in [0.25, 0.3) is 0 Å². The van der Waals surface area contributed by atoms with Crippen molar-refractivity contribution in [3.05, 3.63) is 48.8 Å². The number of thiophene rings is 1. The van der Waals surface area contributed by atoms with E-state index in [0.717, 1.165) is 4.88 Å². The van der Waals surface area contributed by atoms with Crippen LogP contribution in [0.15, 0.2) is 28.7 Å². The van der Waals surface area contributed by atoms with E-state index in [4.69, 9.17) is 33.7 Å². The first-order chi connectivity index (χ1) is 9.38. The molecule has 0 saturated heterocycles. The fraction of sp³-hybridized carbons (Fsp3) is 0.231. The quantitative estimate of drug-likeness (QED) is 0.697. The van der Waals surface area contributed by atoms with E-state index < -0.39 is 11.9 Å². The summed E-state index contributed by atoms with van der Waals surface area (Å²) in [6, 6.07) is 6.03. The molecule has 0 aliphatic rings. The molecule has 2 aromatic rings. The highest BCUT2D eigenvalue weighted by atomic mass is 79.9. The van der Waals surface area contributed by atoms with E-state index in [2.05, 4.69) is 15.9 Å². The van der Waals surface area contributed by atoms with Crippen molar-refractivity contribution >= 4 is 50.5 Å². The van der Waals surface area contributed by atoms with Crippen LogP contribution in [0.3, 0.4) is 0 Å². The van der Waals surface area contributed by atoms with Gasteiger partial charge in [0.25, 0.3) is 0 Å². The molecule has 0 fully saturated rings. The molecular formula is C13H11BrCl2FNOS. The molecule has 2 nitrogen and oxygen atoms in total.